The highest BCUT2D eigenvalue weighted by Crippen LogP contribution is 2.25. The van der Waals surface area contributed by atoms with Crippen molar-refractivity contribution in [2.75, 3.05) is 0 Å². The predicted octanol–water partition coefficient (Wildman–Crippen LogP) is 4.13. The summed E-state index contributed by atoms with van der Waals surface area (Å²) in [5.41, 5.74) is 1.56. The summed E-state index contributed by atoms with van der Waals surface area (Å²) >= 11 is 0. The molecule has 1 aromatic heterocycles. The molecule has 0 bridgehead atoms. The molecular weight excluding hydrogens is 375 g/mol. The predicted molar refractivity (Wildman–Crippen MR) is 105 cm³/mol. The topological polar surface area (TPSA) is 101 Å². The number of imidazole rings is 1. The Kier molecular flexibility index (Phi) is 4.74. The van der Waals surface area contributed by atoms with E-state index in [2.05, 4.69) is 15.3 Å². The number of amides is 1. The van der Waals surface area contributed by atoms with Gasteiger partial charge in [-0.2, -0.15) is 0 Å². The van der Waals surface area contributed by atoms with Gasteiger partial charge in [0.25, 0.3) is 11.6 Å². The van der Waals surface area contributed by atoms with Crippen LogP contribution in [0.2, 0.25) is 0 Å². The number of nitro benzene ring substituents is 1. The fraction of sp³-hybridized carbons (Fsp3) is 0.0476. The van der Waals surface area contributed by atoms with Gasteiger partial charge in [0.05, 0.1) is 21.5 Å². The molecule has 1 unspecified atom stereocenters. The maximum Gasteiger partial charge on any atom is 0.271 e. The number of carbonyl (C=O) groups is 1. The average molecular weight is 390 g/mol. The molecule has 8 heteroatoms. The van der Waals surface area contributed by atoms with Crippen LogP contribution in [0.5, 0.6) is 0 Å². The molecule has 0 saturated carbocycles. The van der Waals surface area contributed by atoms with Gasteiger partial charge in [-0.05, 0) is 23.8 Å². The molecule has 0 radical (unpaired) electrons. The number of nitrogens with zero attached hydrogens (tertiary/aromatic N) is 2. The van der Waals surface area contributed by atoms with Gasteiger partial charge >= 0.3 is 0 Å². The molecule has 0 fully saturated rings. The number of rotatable bonds is 5. The lowest BCUT2D eigenvalue weighted by atomic mass is 10.1. The Balaban J connectivity index is 1.75. The van der Waals surface area contributed by atoms with E-state index in [0.29, 0.717) is 16.9 Å². The van der Waals surface area contributed by atoms with E-state index in [1.807, 2.05) is 30.3 Å². The number of fused-ring (bicyclic) bond motifs is 1. The minimum Gasteiger partial charge on any atom is -0.340 e. The normalized spacial score (nSPS) is 11.9. The molecule has 3 aromatic carbocycles. The summed E-state index contributed by atoms with van der Waals surface area (Å²) in [6.07, 6.45) is 0. The molecule has 0 aliphatic rings. The lowest BCUT2D eigenvalue weighted by molar-refractivity contribution is -0.384. The summed E-state index contributed by atoms with van der Waals surface area (Å²) in [6, 6.07) is 18.4. The minimum absolute atomic E-state index is 0.0700. The van der Waals surface area contributed by atoms with Gasteiger partial charge in [-0.3, -0.25) is 14.9 Å². The Morgan fingerprint density at radius 1 is 1.07 bits per heavy atom. The maximum atomic E-state index is 14.0. The van der Waals surface area contributed by atoms with Crippen molar-refractivity contribution >= 4 is 22.6 Å². The number of nitrogens with one attached hydrogen (secondary N) is 2. The Morgan fingerprint density at radius 3 is 2.52 bits per heavy atom. The Bertz CT molecular complexity index is 1210. The van der Waals surface area contributed by atoms with Gasteiger partial charge in [0.1, 0.15) is 17.7 Å². The molecule has 4 rings (SSSR count). The molecule has 1 atom stereocenters. The van der Waals surface area contributed by atoms with Crippen LogP contribution < -0.4 is 5.32 Å². The van der Waals surface area contributed by atoms with Crippen molar-refractivity contribution in [3.63, 3.8) is 0 Å². The van der Waals surface area contributed by atoms with Gasteiger partial charge in [0.2, 0.25) is 0 Å². The molecule has 0 saturated heterocycles. The van der Waals surface area contributed by atoms with E-state index in [1.165, 1.54) is 36.4 Å². The molecule has 144 valence electrons. The van der Waals surface area contributed by atoms with E-state index < -0.39 is 22.7 Å². The van der Waals surface area contributed by atoms with Crippen LogP contribution in [0.1, 0.15) is 27.8 Å². The average Bonchev–Trinajstić information content (AvgIpc) is 3.15. The SMILES string of the molecule is O=C(NC(c1ccccc1)c1nc2ccc([N+](=O)[O-])cc2[nH]1)c1ccccc1F. The second-order valence-electron chi connectivity index (χ2n) is 6.38. The molecule has 7 nitrogen and oxygen atoms in total. The first-order valence-corrected chi connectivity index (χ1v) is 8.77. The highest BCUT2D eigenvalue weighted by atomic mass is 19.1. The summed E-state index contributed by atoms with van der Waals surface area (Å²) in [7, 11) is 0. The smallest absolute Gasteiger partial charge is 0.271 e. The number of halogens is 1. The molecule has 0 aliphatic carbocycles. The molecule has 1 heterocycles. The van der Waals surface area contributed by atoms with Crippen LogP contribution in [-0.4, -0.2) is 20.8 Å². The van der Waals surface area contributed by atoms with Crippen molar-refractivity contribution in [1.29, 1.82) is 0 Å². The van der Waals surface area contributed by atoms with Crippen molar-refractivity contribution in [1.82, 2.24) is 15.3 Å². The van der Waals surface area contributed by atoms with Crippen molar-refractivity contribution in [3.8, 4) is 0 Å². The van der Waals surface area contributed by atoms with Crippen molar-refractivity contribution < 1.29 is 14.1 Å². The number of non-ortho nitro benzene ring substituents is 1. The first kappa shape index (κ1) is 18.3. The third-order valence-electron chi connectivity index (χ3n) is 4.49. The Morgan fingerprint density at radius 2 is 1.79 bits per heavy atom. The van der Waals surface area contributed by atoms with E-state index in [4.69, 9.17) is 0 Å². The van der Waals surface area contributed by atoms with Gasteiger partial charge in [-0.1, -0.05) is 42.5 Å². The van der Waals surface area contributed by atoms with E-state index in [-0.39, 0.29) is 11.3 Å². The van der Waals surface area contributed by atoms with E-state index >= 15 is 0 Å². The lowest BCUT2D eigenvalue weighted by Gasteiger charge is -2.17. The van der Waals surface area contributed by atoms with Gasteiger partial charge < -0.3 is 10.3 Å². The summed E-state index contributed by atoms with van der Waals surface area (Å²) < 4.78 is 14.0. The third kappa shape index (κ3) is 3.68. The fourth-order valence-electron chi connectivity index (χ4n) is 3.08. The summed E-state index contributed by atoms with van der Waals surface area (Å²) in [4.78, 5) is 30.7. The van der Waals surface area contributed by atoms with Crippen LogP contribution in [0.25, 0.3) is 11.0 Å². The Labute approximate surface area is 164 Å². The third-order valence-corrected chi connectivity index (χ3v) is 4.49. The van der Waals surface area contributed by atoms with Crippen LogP contribution in [-0.2, 0) is 0 Å². The summed E-state index contributed by atoms with van der Waals surface area (Å²) in [6.45, 7) is 0. The second-order valence-corrected chi connectivity index (χ2v) is 6.38. The van der Waals surface area contributed by atoms with Crippen LogP contribution in [0.15, 0.2) is 72.8 Å². The zero-order valence-corrected chi connectivity index (χ0v) is 15.0. The summed E-state index contributed by atoms with van der Waals surface area (Å²) in [5.74, 6) is -0.836. The van der Waals surface area contributed by atoms with E-state index in [9.17, 15) is 19.3 Å². The standard InChI is InChI=1S/C21H15FN4O3/c22-16-9-5-4-8-15(16)21(27)25-19(13-6-2-1-3-7-13)20-23-17-11-10-14(26(28)29)12-18(17)24-20/h1-12,19H,(H,23,24)(H,25,27). The molecule has 0 aliphatic heterocycles. The van der Waals surface area contributed by atoms with E-state index in [0.717, 1.165) is 5.56 Å². The fourth-order valence-corrected chi connectivity index (χ4v) is 3.08. The van der Waals surface area contributed by atoms with Crippen molar-refractivity contribution in [2.45, 2.75) is 6.04 Å². The molecule has 0 spiro atoms. The first-order valence-electron chi connectivity index (χ1n) is 8.77. The largest absolute Gasteiger partial charge is 0.340 e. The van der Waals surface area contributed by atoms with Crippen LogP contribution in [0.4, 0.5) is 10.1 Å². The quantitative estimate of drug-likeness (QED) is 0.395. The zero-order valence-electron chi connectivity index (χ0n) is 15.0. The maximum absolute atomic E-state index is 14.0. The van der Waals surface area contributed by atoms with Crippen molar-refractivity contribution in [2.24, 2.45) is 0 Å². The summed E-state index contributed by atoms with van der Waals surface area (Å²) in [5, 5.41) is 13.8. The molecular formula is C21H15FN4O3. The zero-order chi connectivity index (χ0) is 20.4. The van der Waals surface area contributed by atoms with Crippen LogP contribution in [0, 0.1) is 15.9 Å². The number of H-pyrrole nitrogens is 1. The minimum atomic E-state index is -0.699. The molecule has 2 N–H and O–H groups in total. The number of benzene rings is 3. The van der Waals surface area contributed by atoms with Gasteiger partial charge in [-0.25, -0.2) is 9.37 Å². The number of nitro groups is 1. The van der Waals surface area contributed by atoms with Crippen molar-refractivity contribution in [3.05, 3.63) is 106 Å². The monoisotopic (exact) mass is 390 g/mol. The lowest BCUT2D eigenvalue weighted by Crippen LogP contribution is -2.30. The van der Waals surface area contributed by atoms with Gasteiger partial charge in [-0.15, -0.1) is 0 Å². The molecule has 1 amide bonds. The van der Waals surface area contributed by atoms with E-state index in [1.54, 1.807) is 6.07 Å². The molecule has 4 aromatic rings. The van der Waals surface area contributed by atoms with Gasteiger partial charge in [0.15, 0.2) is 0 Å². The number of aromatic amines is 1. The van der Waals surface area contributed by atoms with Crippen LogP contribution in [0.3, 0.4) is 0 Å². The van der Waals surface area contributed by atoms with Gasteiger partial charge in [0, 0.05) is 12.1 Å². The highest BCUT2D eigenvalue weighted by molar-refractivity contribution is 5.95. The highest BCUT2D eigenvalue weighted by Gasteiger charge is 2.23. The first-order chi connectivity index (χ1) is 14.0. The number of carbonyl (C=O) groups excluding carboxylic acids is 1. The number of hydrogen-bond acceptors (Lipinski definition) is 4. The number of aromatic nitrogens is 2. The molecule has 29 heavy (non-hydrogen) atoms. The number of hydrogen-bond donors (Lipinski definition) is 2. The van der Waals surface area contributed by atoms with Crippen LogP contribution >= 0.6 is 0 Å². The second kappa shape index (κ2) is 7.51. The Hall–Kier alpha value is -4.07.